The van der Waals surface area contributed by atoms with E-state index in [0.29, 0.717) is 5.82 Å². The van der Waals surface area contributed by atoms with Gasteiger partial charge < -0.3 is 10.6 Å². The molecule has 1 aliphatic heterocycles. The number of hydrogen-bond acceptors (Lipinski definition) is 4. The van der Waals surface area contributed by atoms with Gasteiger partial charge >= 0.3 is 0 Å². The lowest BCUT2D eigenvalue weighted by atomic mass is 10.0. The first-order valence-corrected chi connectivity index (χ1v) is 5.65. The predicted octanol–water partition coefficient (Wildman–Crippen LogP) is 1.30. The number of nitrogens with two attached hydrogens (primary N) is 1. The van der Waals surface area contributed by atoms with E-state index in [9.17, 15) is 0 Å². The van der Waals surface area contributed by atoms with Gasteiger partial charge in [-0.2, -0.15) is 0 Å². The molecule has 2 atom stereocenters. The van der Waals surface area contributed by atoms with Crippen molar-refractivity contribution in [2.45, 2.75) is 19.3 Å². The van der Waals surface area contributed by atoms with E-state index in [1.807, 2.05) is 6.20 Å². The Morgan fingerprint density at radius 2 is 1.93 bits per heavy atom. The van der Waals surface area contributed by atoms with Crippen LogP contribution in [0.5, 0.6) is 0 Å². The van der Waals surface area contributed by atoms with Gasteiger partial charge in [0.15, 0.2) is 0 Å². The number of anilines is 2. The molecule has 0 amide bonds. The van der Waals surface area contributed by atoms with E-state index >= 15 is 0 Å². The third-order valence-electron chi connectivity index (χ3n) is 3.69. The Balaban J connectivity index is 1.79. The molecular weight excluding hydrogens is 188 g/mol. The fraction of sp³-hybridized carbons (Fsp3) is 0.636. The zero-order valence-electron chi connectivity index (χ0n) is 8.76. The molecule has 2 heterocycles. The standard InChI is InChI=1S/C11H16N4/c12-10-4-13-5-11(14-10)15-6-8-2-1-3-9(8)7-15/h4-5,8-9H,1-3,6-7H2,(H2,12,14). The lowest BCUT2D eigenvalue weighted by Crippen LogP contribution is -2.22. The van der Waals surface area contributed by atoms with Gasteiger partial charge in [0, 0.05) is 13.1 Å². The van der Waals surface area contributed by atoms with Crippen LogP contribution >= 0.6 is 0 Å². The maximum absolute atomic E-state index is 5.64. The summed E-state index contributed by atoms with van der Waals surface area (Å²) in [5.41, 5.74) is 5.64. The Bertz CT molecular complexity index is 353. The number of fused-ring (bicyclic) bond motifs is 1. The lowest BCUT2D eigenvalue weighted by Gasteiger charge is -2.17. The highest BCUT2D eigenvalue weighted by Gasteiger charge is 2.36. The second-order valence-corrected chi connectivity index (χ2v) is 4.66. The second kappa shape index (κ2) is 3.36. The van der Waals surface area contributed by atoms with Crippen LogP contribution < -0.4 is 10.6 Å². The molecule has 1 aliphatic carbocycles. The van der Waals surface area contributed by atoms with Crippen LogP contribution in [0.25, 0.3) is 0 Å². The Hall–Kier alpha value is -1.32. The molecule has 2 aliphatic rings. The first-order chi connectivity index (χ1) is 7.33. The molecule has 3 rings (SSSR count). The average Bonchev–Trinajstić information content (AvgIpc) is 2.76. The van der Waals surface area contributed by atoms with Crippen molar-refractivity contribution in [2.24, 2.45) is 11.8 Å². The molecule has 80 valence electrons. The number of rotatable bonds is 1. The smallest absolute Gasteiger partial charge is 0.149 e. The molecule has 0 aromatic carbocycles. The fourth-order valence-corrected chi connectivity index (χ4v) is 2.94. The van der Waals surface area contributed by atoms with Crippen LogP contribution in [-0.4, -0.2) is 23.1 Å². The van der Waals surface area contributed by atoms with E-state index in [1.54, 1.807) is 6.20 Å². The maximum atomic E-state index is 5.64. The molecule has 4 heteroatoms. The highest BCUT2D eigenvalue weighted by Crippen LogP contribution is 2.38. The Morgan fingerprint density at radius 1 is 1.20 bits per heavy atom. The van der Waals surface area contributed by atoms with E-state index in [-0.39, 0.29) is 0 Å². The van der Waals surface area contributed by atoms with E-state index in [2.05, 4.69) is 14.9 Å². The van der Waals surface area contributed by atoms with Gasteiger partial charge in [0.05, 0.1) is 12.4 Å². The number of nitrogens with zero attached hydrogens (tertiary/aromatic N) is 3. The minimum Gasteiger partial charge on any atom is -0.382 e. The number of aromatic nitrogens is 2. The molecule has 2 N–H and O–H groups in total. The van der Waals surface area contributed by atoms with Crippen LogP contribution in [0.2, 0.25) is 0 Å². The number of hydrogen-bond donors (Lipinski definition) is 1. The van der Waals surface area contributed by atoms with Crippen LogP contribution in [0, 0.1) is 11.8 Å². The topological polar surface area (TPSA) is 55.0 Å². The quantitative estimate of drug-likeness (QED) is 0.749. The van der Waals surface area contributed by atoms with Crippen molar-refractivity contribution in [3.05, 3.63) is 12.4 Å². The van der Waals surface area contributed by atoms with E-state index < -0.39 is 0 Å². The minimum atomic E-state index is 0.518. The van der Waals surface area contributed by atoms with Gasteiger partial charge in [-0.05, 0) is 24.7 Å². The molecule has 0 radical (unpaired) electrons. The Morgan fingerprint density at radius 3 is 2.60 bits per heavy atom. The normalized spacial score (nSPS) is 29.5. The summed E-state index contributed by atoms with van der Waals surface area (Å²) in [6, 6.07) is 0. The van der Waals surface area contributed by atoms with Crippen molar-refractivity contribution < 1.29 is 0 Å². The van der Waals surface area contributed by atoms with Crippen LogP contribution in [0.15, 0.2) is 12.4 Å². The van der Waals surface area contributed by atoms with Gasteiger partial charge in [0.25, 0.3) is 0 Å². The molecule has 1 saturated heterocycles. The molecule has 1 aromatic rings. The van der Waals surface area contributed by atoms with Crippen LogP contribution in [0.4, 0.5) is 11.6 Å². The SMILES string of the molecule is Nc1cncc(N2CC3CCCC3C2)n1. The molecule has 2 fully saturated rings. The zero-order chi connectivity index (χ0) is 10.3. The van der Waals surface area contributed by atoms with Gasteiger partial charge in [0.1, 0.15) is 11.6 Å². The third kappa shape index (κ3) is 1.54. The summed E-state index contributed by atoms with van der Waals surface area (Å²) in [6.07, 6.45) is 7.59. The van der Waals surface area contributed by atoms with E-state index in [0.717, 1.165) is 30.7 Å². The van der Waals surface area contributed by atoms with E-state index in [4.69, 9.17) is 5.73 Å². The molecule has 2 unspecified atom stereocenters. The van der Waals surface area contributed by atoms with Crippen molar-refractivity contribution in [1.29, 1.82) is 0 Å². The molecular formula is C11H16N4. The van der Waals surface area contributed by atoms with Crippen molar-refractivity contribution in [2.75, 3.05) is 23.7 Å². The van der Waals surface area contributed by atoms with Crippen molar-refractivity contribution >= 4 is 11.6 Å². The molecule has 1 saturated carbocycles. The summed E-state index contributed by atoms with van der Waals surface area (Å²) in [5, 5.41) is 0. The minimum absolute atomic E-state index is 0.518. The van der Waals surface area contributed by atoms with Crippen LogP contribution in [-0.2, 0) is 0 Å². The van der Waals surface area contributed by atoms with Crippen molar-refractivity contribution in [3.8, 4) is 0 Å². The van der Waals surface area contributed by atoms with Crippen LogP contribution in [0.1, 0.15) is 19.3 Å². The predicted molar refractivity (Wildman–Crippen MR) is 59.5 cm³/mol. The first-order valence-electron chi connectivity index (χ1n) is 5.65. The Kier molecular flexibility index (Phi) is 2.01. The van der Waals surface area contributed by atoms with E-state index in [1.165, 1.54) is 19.3 Å². The zero-order valence-corrected chi connectivity index (χ0v) is 8.76. The molecule has 1 aromatic heterocycles. The first kappa shape index (κ1) is 8.95. The molecule has 4 nitrogen and oxygen atoms in total. The molecule has 0 bridgehead atoms. The monoisotopic (exact) mass is 204 g/mol. The van der Waals surface area contributed by atoms with Gasteiger partial charge in [-0.3, -0.25) is 4.98 Å². The second-order valence-electron chi connectivity index (χ2n) is 4.66. The highest BCUT2D eigenvalue weighted by molar-refractivity contribution is 5.42. The van der Waals surface area contributed by atoms with Gasteiger partial charge in [-0.1, -0.05) is 6.42 Å². The van der Waals surface area contributed by atoms with Gasteiger partial charge in [-0.15, -0.1) is 0 Å². The van der Waals surface area contributed by atoms with Gasteiger partial charge in [0.2, 0.25) is 0 Å². The largest absolute Gasteiger partial charge is 0.382 e. The summed E-state index contributed by atoms with van der Waals surface area (Å²) in [6.45, 7) is 2.28. The summed E-state index contributed by atoms with van der Waals surface area (Å²) < 4.78 is 0. The maximum Gasteiger partial charge on any atom is 0.149 e. The number of nitrogen functional groups attached to an aromatic ring is 1. The van der Waals surface area contributed by atoms with Crippen molar-refractivity contribution in [3.63, 3.8) is 0 Å². The summed E-state index contributed by atoms with van der Waals surface area (Å²) in [4.78, 5) is 10.7. The Labute approximate surface area is 89.5 Å². The lowest BCUT2D eigenvalue weighted by molar-refractivity contribution is 0.494. The van der Waals surface area contributed by atoms with Gasteiger partial charge in [-0.25, -0.2) is 4.98 Å². The highest BCUT2D eigenvalue weighted by atomic mass is 15.2. The summed E-state index contributed by atoms with van der Waals surface area (Å²) in [7, 11) is 0. The summed E-state index contributed by atoms with van der Waals surface area (Å²) >= 11 is 0. The van der Waals surface area contributed by atoms with Crippen molar-refractivity contribution in [1.82, 2.24) is 9.97 Å². The fourth-order valence-electron chi connectivity index (χ4n) is 2.94. The average molecular weight is 204 g/mol. The van der Waals surface area contributed by atoms with Crippen LogP contribution in [0.3, 0.4) is 0 Å². The molecule has 0 spiro atoms. The molecule has 15 heavy (non-hydrogen) atoms. The summed E-state index contributed by atoms with van der Waals surface area (Å²) in [5.74, 6) is 3.23. The third-order valence-corrected chi connectivity index (χ3v) is 3.69.